The molecular weight excluding hydrogens is 348 g/mol. The zero-order valence-electron chi connectivity index (χ0n) is 16.7. The molecule has 3 aromatic rings. The molecule has 28 heavy (non-hydrogen) atoms. The summed E-state index contributed by atoms with van der Waals surface area (Å²) in [6.45, 7) is 4.21. The molecule has 0 radical (unpaired) electrons. The second-order valence-corrected chi connectivity index (χ2v) is 7.19. The van der Waals surface area contributed by atoms with Gasteiger partial charge in [0.2, 0.25) is 0 Å². The van der Waals surface area contributed by atoms with Gasteiger partial charge in [0.1, 0.15) is 5.69 Å². The molecule has 1 aromatic heterocycles. The molecular formula is C23H26N4O. The van der Waals surface area contributed by atoms with Crippen molar-refractivity contribution in [2.45, 2.75) is 19.8 Å². The zero-order chi connectivity index (χ0) is 20.1. The van der Waals surface area contributed by atoms with Crippen molar-refractivity contribution in [3.05, 3.63) is 78.1 Å². The van der Waals surface area contributed by atoms with Crippen LogP contribution in [0.1, 0.15) is 35.8 Å². The number of nitrogens with zero attached hydrogens (tertiary/aromatic N) is 2. The maximum Gasteiger partial charge on any atom is 0.274 e. The first-order valence-corrected chi connectivity index (χ1v) is 9.35. The number of nitrogens with one attached hydrogen (secondary N) is 2. The number of carbonyl (C=O) groups is 1. The van der Waals surface area contributed by atoms with Crippen LogP contribution in [0.4, 0.5) is 22.7 Å². The molecule has 2 aromatic carbocycles. The van der Waals surface area contributed by atoms with Crippen LogP contribution in [0.25, 0.3) is 0 Å². The fourth-order valence-electron chi connectivity index (χ4n) is 2.91. The number of pyridine rings is 1. The van der Waals surface area contributed by atoms with E-state index in [0.717, 1.165) is 28.3 Å². The molecule has 3 rings (SSSR count). The first kappa shape index (κ1) is 19.4. The Morgan fingerprint density at radius 2 is 1.61 bits per heavy atom. The first-order valence-electron chi connectivity index (χ1n) is 9.35. The highest BCUT2D eigenvalue weighted by Gasteiger charge is 2.12. The number of anilines is 4. The Bertz CT molecular complexity index is 932. The molecule has 0 saturated carbocycles. The average Bonchev–Trinajstić information content (AvgIpc) is 2.69. The van der Waals surface area contributed by atoms with Crippen molar-refractivity contribution in [1.29, 1.82) is 0 Å². The molecule has 0 aliphatic rings. The van der Waals surface area contributed by atoms with Crippen LogP contribution in [-0.2, 0) is 0 Å². The van der Waals surface area contributed by atoms with Gasteiger partial charge >= 0.3 is 0 Å². The predicted octanol–water partition coefficient (Wildman–Crippen LogP) is 5.27. The maximum atomic E-state index is 12.6. The molecule has 2 N–H and O–H groups in total. The summed E-state index contributed by atoms with van der Waals surface area (Å²) in [5, 5.41) is 6.26. The minimum atomic E-state index is -0.213. The average molecular weight is 374 g/mol. The Morgan fingerprint density at radius 1 is 0.929 bits per heavy atom. The van der Waals surface area contributed by atoms with Gasteiger partial charge in [-0.15, -0.1) is 0 Å². The highest BCUT2D eigenvalue weighted by Crippen LogP contribution is 2.24. The van der Waals surface area contributed by atoms with E-state index in [1.54, 1.807) is 12.3 Å². The molecule has 5 heteroatoms. The van der Waals surface area contributed by atoms with E-state index in [9.17, 15) is 4.79 Å². The molecule has 0 bridgehead atoms. The molecule has 0 spiro atoms. The van der Waals surface area contributed by atoms with E-state index in [-0.39, 0.29) is 5.91 Å². The van der Waals surface area contributed by atoms with Crippen molar-refractivity contribution in [3.8, 4) is 0 Å². The SMILES string of the molecule is CC(C)c1ccccc1NC(=O)c1ccc(Nc2ccc(N(C)C)cc2)cn1. The molecule has 0 saturated heterocycles. The smallest absolute Gasteiger partial charge is 0.274 e. The van der Waals surface area contributed by atoms with E-state index in [1.165, 1.54) is 0 Å². The van der Waals surface area contributed by atoms with Crippen molar-refractivity contribution >= 4 is 28.7 Å². The van der Waals surface area contributed by atoms with Crippen LogP contribution < -0.4 is 15.5 Å². The second kappa shape index (κ2) is 8.57. The van der Waals surface area contributed by atoms with E-state index in [1.807, 2.05) is 68.7 Å². The standard InChI is InChI=1S/C23H26N4O/c1-16(2)20-7-5-6-8-21(20)26-23(28)22-14-11-18(15-24-22)25-17-9-12-19(13-10-17)27(3)4/h5-16,25H,1-4H3,(H,26,28). The summed E-state index contributed by atoms with van der Waals surface area (Å²) in [6, 6.07) is 19.5. The number of rotatable bonds is 6. The summed E-state index contributed by atoms with van der Waals surface area (Å²) < 4.78 is 0. The van der Waals surface area contributed by atoms with Gasteiger partial charge in [-0.1, -0.05) is 32.0 Å². The lowest BCUT2D eigenvalue weighted by Crippen LogP contribution is -2.15. The Morgan fingerprint density at radius 3 is 2.21 bits per heavy atom. The summed E-state index contributed by atoms with van der Waals surface area (Å²) in [5.74, 6) is 0.116. The quantitative estimate of drug-likeness (QED) is 0.617. The van der Waals surface area contributed by atoms with Gasteiger partial charge in [0.15, 0.2) is 0 Å². The molecule has 0 aliphatic heterocycles. The van der Waals surface area contributed by atoms with E-state index < -0.39 is 0 Å². The molecule has 5 nitrogen and oxygen atoms in total. The molecule has 0 unspecified atom stereocenters. The second-order valence-electron chi connectivity index (χ2n) is 7.19. The third-order valence-electron chi connectivity index (χ3n) is 4.50. The lowest BCUT2D eigenvalue weighted by atomic mass is 10.0. The number of para-hydroxylation sites is 1. The minimum Gasteiger partial charge on any atom is -0.378 e. The Balaban J connectivity index is 1.68. The van der Waals surface area contributed by atoms with E-state index in [4.69, 9.17) is 0 Å². The van der Waals surface area contributed by atoms with Gasteiger partial charge in [0.25, 0.3) is 5.91 Å². The number of hydrogen-bond donors (Lipinski definition) is 2. The third-order valence-corrected chi connectivity index (χ3v) is 4.50. The highest BCUT2D eigenvalue weighted by atomic mass is 16.1. The zero-order valence-corrected chi connectivity index (χ0v) is 16.7. The monoisotopic (exact) mass is 374 g/mol. The molecule has 1 amide bonds. The molecule has 1 heterocycles. The Kier molecular flexibility index (Phi) is 5.94. The summed E-state index contributed by atoms with van der Waals surface area (Å²) in [4.78, 5) is 18.9. The Hall–Kier alpha value is -3.34. The van der Waals surface area contributed by atoms with Gasteiger partial charge in [0, 0.05) is 31.2 Å². The van der Waals surface area contributed by atoms with Crippen LogP contribution in [0, 0.1) is 0 Å². The number of hydrogen-bond acceptors (Lipinski definition) is 4. The molecule has 0 atom stereocenters. The summed E-state index contributed by atoms with van der Waals surface area (Å²) >= 11 is 0. The van der Waals surface area contributed by atoms with Crippen molar-refractivity contribution in [2.24, 2.45) is 0 Å². The van der Waals surface area contributed by atoms with Crippen molar-refractivity contribution in [3.63, 3.8) is 0 Å². The normalized spacial score (nSPS) is 10.6. The van der Waals surface area contributed by atoms with Crippen LogP contribution in [0.3, 0.4) is 0 Å². The lowest BCUT2D eigenvalue weighted by molar-refractivity contribution is 0.102. The van der Waals surface area contributed by atoms with Crippen molar-refractivity contribution < 1.29 is 4.79 Å². The van der Waals surface area contributed by atoms with Crippen molar-refractivity contribution in [2.75, 3.05) is 29.6 Å². The number of benzene rings is 2. The van der Waals surface area contributed by atoms with Crippen LogP contribution in [0.15, 0.2) is 66.9 Å². The fraction of sp³-hybridized carbons (Fsp3) is 0.217. The number of aromatic nitrogens is 1. The summed E-state index contributed by atoms with van der Waals surface area (Å²) in [7, 11) is 4.02. The molecule has 0 fully saturated rings. The Labute approximate surface area is 166 Å². The largest absolute Gasteiger partial charge is 0.378 e. The van der Waals surface area contributed by atoms with Crippen molar-refractivity contribution in [1.82, 2.24) is 4.98 Å². The highest BCUT2D eigenvalue weighted by molar-refractivity contribution is 6.03. The van der Waals surface area contributed by atoms with Crippen LogP contribution in [0.5, 0.6) is 0 Å². The lowest BCUT2D eigenvalue weighted by Gasteiger charge is -2.14. The van der Waals surface area contributed by atoms with E-state index >= 15 is 0 Å². The summed E-state index contributed by atoms with van der Waals surface area (Å²) in [6.07, 6.45) is 1.67. The topological polar surface area (TPSA) is 57.3 Å². The predicted molar refractivity (Wildman–Crippen MR) is 117 cm³/mol. The first-order chi connectivity index (χ1) is 13.4. The van der Waals surface area contributed by atoms with E-state index in [2.05, 4.69) is 34.4 Å². The van der Waals surface area contributed by atoms with Gasteiger partial charge in [-0.2, -0.15) is 0 Å². The fourth-order valence-corrected chi connectivity index (χ4v) is 2.91. The van der Waals surface area contributed by atoms with Gasteiger partial charge in [0.05, 0.1) is 11.9 Å². The van der Waals surface area contributed by atoms with Gasteiger partial charge in [-0.25, -0.2) is 4.98 Å². The molecule has 144 valence electrons. The van der Waals surface area contributed by atoms with Crippen LogP contribution >= 0.6 is 0 Å². The minimum absolute atomic E-state index is 0.213. The van der Waals surface area contributed by atoms with Gasteiger partial charge < -0.3 is 15.5 Å². The van der Waals surface area contributed by atoms with Gasteiger partial charge in [-0.3, -0.25) is 4.79 Å². The number of carbonyl (C=O) groups excluding carboxylic acids is 1. The third kappa shape index (κ3) is 4.68. The summed E-state index contributed by atoms with van der Waals surface area (Å²) in [5.41, 5.74) is 5.25. The maximum absolute atomic E-state index is 12.6. The van der Waals surface area contributed by atoms with E-state index in [0.29, 0.717) is 11.6 Å². The van der Waals surface area contributed by atoms with Crippen LogP contribution in [0.2, 0.25) is 0 Å². The number of amides is 1. The van der Waals surface area contributed by atoms with Crippen LogP contribution in [-0.4, -0.2) is 25.0 Å². The molecule has 0 aliphatic carbocycles. The van der Waals surface area contributed by atoms with Gasteiger partial charge in [-0.05, 0) is 53.9 Å².